The maximum absolute atomic E-state index is 13.1. The largest absolute Gasteiger partial charge is 0.369 e. The highest BCUT2D eigenvalue weighted by atomic mass is 35.5. The van der Waals surface area contributed by atoms with Gasteiger partial charge in [0.1, 0.15) is 11.6 Å². The lowest BCUT2D eigenvalue weighted by atomic mass is 10.2. The van der Waals surface area contributed by atoms with Crippen LogP contribution in [0.5, 0.6) is 0 Å². The number of aromatic nitrogens is 3. The number of nitrogens with zero attached hydrogens (tertiary/aromatic N) is 3. The van der Waals surface area contributed by atoms with Gasteiger partial charge in [0, 0.05) is 31.9 Å². The van der Waals surface area contributed by atoms with Gasteiger partial charge in [0.05, 0.1) is 17.4 Å². The van der Waals surface area contributed by atoms with Crippen LogP contribution in [0.15, 0.2) is 43.0 Å². The van der Waals surface area contributed by atoms with Gasteiger partial charge < -0.3 is 10.6 Å². The third-order valence-electron chi connectivity index (χ3n) is 3.45. The summed E-state index contributed by atoms with van der Waals surface area (Å²) in [5.74, 6) is 0.211. The molecule has 0 fully saturated rings. The standard InChI is InChI=1S/C16H15ClFN5O/c17-12-7-11(1-2-13(12)18)8-22-16(24)3-4-20-15-10-21-14-9-19-5-6-23(14)15/h1-2,5-7,9-10,20H,3-4,8H2,(H,22,24). The zero-order valence-corrected chi connectivity index (χ0v) is 13.4. The van der Waals surface area contributed by atoms with Gasteiger partial charge in [-0.05, 0) is 17.7 Å². The van der Waals surface area contributed by atoms with E-state index in [1.54, 1.807) is 30.9 Å². The van der Waals surface area contributed by atoms with Crippen molar-refractivity contribution >= 4 is 29.0 Å². The first-order valence-corrected chi connectivity index (χ1v) is 7.73. The van der Waals surface area contributed by atoms with Crippen molar-refractivity contribution in [3.63, 3.8) is 0 Å². The number of anilines is 1. The molecule has 1 aromatic carbocycles. The van der Waals surface area contributed by atoms with E-state index in [1.165, 1.54) is 12.1 Å². The van der Waals surface area contributed by atoms with Crippen LogP contribution in [0.25, 0.3) is 5.65 Å². The molecular weight excluding hydrogens is 333 g/mol. The van der Waals surface area contributed by atoms with Crippen molar-refractivity contribution in [1.82, 2.24) is 19.7 Å². The molecule has 2 heterocycles. The van der Waals surface area contributed by atoms with Crippen molar-refractivity contribution < 1.29 is 9.18 Å². The zero-order chi connectivity index (χ0) is 16.9. The Bertz CT molecular complexity index is 867. The van der Waals surface area contributed by atoms with E-state index in [4.69, 9.17) is 11.6 Å². The van der Waals surface area contributed by atoms with Crippen LogP contribution >= 0.6 is 11.6 Å². The molecule has 0 aliphatic heterocycles. The molecular formula is C16H15ClFN5O. The number of carbonyl (C=O) groups is 1. The van der Waals surface area contributed by atoms with Crippen LogP contribution in [0, 0.1) is 5.82 Å². The first kappa shape index (κ1) is 16.2. The summed E-state index contributed by atoms with van der Waals surface area (Å²) in [5.41, 5.74) is 1.48. The molecule has 8 heteroatoms. The Labute approximate surface area is 142 Å². The summed E-state index contributed by atoms with van der Waals surface area (Å²) in [6.07, 6.45) is 7.11. The van der Waals surface area contributed by atoms with Crippen molar-refractivity contribution in [2.75, 3.05) is 11.9 Å². The van der Waals surface area contributed by atoms with E-state index in [-0.39, 0.29) is 10.9 Å². The maximum Gasteiger partial charge on any atom is 0.222 e. The molecule has 6 nitrogen and oxygen atoms in total. The highest BCUT2D eigenvalue weighted by Gasteiger charge is 2.06. The monoisotopic (exact) mass is 347 g/mol. The average Bonchev–Trinajstić information content (AvgIpc) is 2.99. The molecule has 0 radical (unpaired) electrons. The lowest BCUT2D eigenvalue weighted by Gasteiger charge is -2.08. The Hall–Kier alpha value is -2.67. The molecule has 0 spiro atoms. The number of amides is 1. The second-order valence-electron chi connectivity index (χ2n) is 5.15. The molecule has 0 aliphatic carbocycles. The van der Waals surface area contributed by atoms with Crippen LogP contribution in [0.1, 0.15) is 12.0 Å². The van der Waals surface area contributed by atoms with Crippen LogP contribution in [0.3, 0.4) is 0 Å². The lowest BCUT2D eigenvalue weighted by molar-refractivity contribution is -0.121. The Kier molecular flexibility index (Phi) is 4.90. The summed E-state index contributed by atoms with van der Waals surface area (Å²) in [4.78, 5) is 20.1. The van der Waals surface area contributed by atoms with E-state index < -0.39 is 5.82 Å². The van der Waals surface area contributed by atoms with Gasteiger partial charge in [-0.1, -0.05) is 17.7 Å². The van der Waals surface area contributed by atoms with Crippen LogP contribution < -0.4 is 10.6 Å². The molecule has 0 atom stereocenters. The Morgan fingerprint density at radius 1 is 1.33 bits per heavy atom. The summed E-state index contributed by atoms with van der Waals surface area (Å²) in [6.45, 7) is 0.770. The minimum atomic E-state index is -0.473. The quantitative estimate of drug-likeness (QED) is 0.719. The third-order valence-corrected chi connectivity index (χ3v) is 3.74. The second-order valence-corrected chi connectivity index (χ2v) is 5.56. The van der Waals surface area contributed by atoms with Gasteiger partial charge in [0.25, 0.3) is 0 Å². The van der Waals surface area contributed by atoms with Crippen molar-refractivity contribution in [1.29, 1.82) is 0 Å². The Balaban J connectivity index is 1.46. The number of hydrogen-bond donors (Lipinski definition) is 2. The minimum Gasteiger partial charge on any atom is -0.369 e. The van der Waals surface area contributed by atoms with Gasteiger partial charge in [-0.15, -0.1) is 0 Å². The predicted octanol–water partition coefficient (Wildman–Crippen LogP) is 2.64. The zero-order valence-electron chi connectivity index (χ0n) is 12.7. The number of fused-ring (bicyclic) bond motifs is 1. The molecule has 0 aliphatic rings. The first-order chi connectivity index (χ1) is 11.6. The van der Waals surface area contributed by atoms with Gasteiger partial charge in [0.15, 0.2) is 5.65 Å². The van der Waals surface area contributed by atoms with E-state index in [1.807, 2.05) is 4.40 Å². The molecule has 0 bridgehead atoms. The Morgan fingerprint density at radius 3 is 3.04 bits per heavy atom. The molecule has 1 amide bonds. The van der Waals surface area contributed by atoms with E-state index in [0.717, 1.165) is 17.0 Å². The van der Waals surface area contributed by atoms with Crippen molar-refractivity contribution in [3.8, 4) is 0 Å². The molecule has 2 aromatic heterocycles. The fourth-order valence-electron chi connectivity index (χ4n) is 2.22. The number of imidazole rings is 1. The van der Waals surface area contributed by atoms with Gasteiger partial charge in [-0.3, -0.25) is 14.2 Å². The Morgan fingerprint density at radius 2 is 2.21 bits per heavy atom. The van der Waals surface area contributed by atoms with E-state index in [9.17, 15) is 9.18 Å². The normalized spacial score (nSPS) is 10.8. The number of benzene rings is 1. The van der Waals surface area contributed by atoms with Gasteiger partial charge in [-0.2, -0.15) is 0 Å². The van der Waals surface area contributed by atoms with Crippen molar-refractivity contribution in [3.05, 3.63) is 59.4 Å². The maximum atomic E-state index is 13.1. The number of nitrogens with one attached hydrogen (secondary N) is 2. The number of carbonyl (C=O) groups excluding carboxylic acids is 1. The van der Waals surface area contributed by atoms with E-state index in [0.29, 0.717) is 19.5 Å². The SMILES string of the molecule is O=C(CCNc1cnc2cnccn12)NCc1ccc(F)c(Cl)c1. The summed E-state index contributed by atoms with van der Waals surface area (Å²) in [5, 5.41) is 5.97. The summed E-state index contributed by atoms with van der Waals surface area (Å²) in [6, 6.07) is 4.37. The molecule has 0 saturated heterocycles. The van der Waals surface area contributed by atoms with Gasteiger partial charge >= 0.3 is 0 Å². The highest BCUT2D eigenvalue weighted by molar-refractivity contribution is 6.30. The smallest absolute Gasteiger partial charge is 0.222 e. The molecule has 124 valence electrons. The molecule has 3 rings (SSSR count). The van der Waals surface area contributed by atoms with Crippen LogP contribution in [0.2, 0.25) is 5.02 Å². The summed E-state index contributed by atoms with van der Waals surface area (Å²) >= 11 is 5.71. The first-order valence-electron chi connectivity index (χ1n) is 7.35. The third kappa shape index (κ3) is 3.80. The molecule has 0 unspecified atom stereocenters. The van der Waals surface area contributed by atoms with E-state index in [2.05, 4.69) is 20.6 Å². The fraction of sp³-hybridized carbons (Fsp3) is 0.188. The lowest BCUT2D eigenvalue weighted by Crippen LogP contribution is -2.25. The van der Waals surface area contributed by atoms with Crippen LogP contribution in [-0.4, -0.2) is 26.8 Å². The van der Waals surface area contributed by atoms with Crippen LogP contribution in [0.4, 0.5) is 10.2 Å². The predicted molar refractivity (Wildman–Crippen MR) is 89.4 cm³/mol. The van der Waals surface area contributed by atoms with Crippen LogP contribution in [-0.2, 0) is 11.3 Å². The summed E-state index contributed by atoms with van der Waals surface area (Å²) in [7, 11) is 0. The molecule has 2 N–H and O–H groups in total. The van der Waals surface area contributed by atoms with Crippen molar-refractivity contribution in [2.24, 2.45) is 0 Å². The summed E-state index contributed by atoms with van der Waals surface area (Å²) < 4.78 is 14.9. The second kappa shape index (κ2) is 7.27. The number of hydrogen-bond acceptors (Lipinski definition) is 4. The number of halogens is 2. The highest BCUT2D eigenvalue weighted by Crippen LogP contribution is 2.15. The fourth-order valence-corrected chi connectivity index (χ4v) is 2.42. The molecule has 24 heavy (non-hydrogen) atoms. The van der Waals surface area contributed by atoms with E-state index >= 15 is 0 Å². The minimum absolute atomic E-state index is 0.0468. The molecule has 3 aromatic rings. The average molecular weight is 348 g/mol. The topological polar surface area (TPSA) is 71.3 Å². The van der Waals surface area contributed by atoms with Crippen molar-refractivity contribution in [2.45, 2.75) is 13.0 Å². The molecule has 0 saturated carbocycles. The van der Waals surface area contributed by atoms with Gasteiger partial charge in [-0.25, -0.2) is 9.37 Å². The van der Waals surface area contributed by atoms with Gasteiger partial charge in [0.2, 0.25) is 5.91 Å². The number of rotatable bonds is 6.